The van der Waals surface area contributed by atoms with Crippen molar-refractivity contribution in [2.24, 2.45) is 17.8 Å². The molecule has 0 spiro atoms. The summed E-state index contributed by atoms with van der Waals surface area (Å²) in [6.45, 7) is 8.34. The average molecular weight is 557 g/mol. The summed E-state index contributed by atoms with van der Waals surface area (Å²) in [5.41, 5.74) is 1.33. The van der Waals surface area contributed by atoms with Crippen LogP contribution in [0.5, 0.6) is 0 Å². The van der Waals surface area contributed by atoms with E-state index in [0.717, 1.165) is 43.3 Å². The molecular weight excluding hydrogens is 516 g/mol. The Morgan fingerprint density at radius 3 is 2.77 bits per heavy atom. The monoisotopic (exact) mass is 556 g/mol. The van der Waals surface area contributed by atoms with Gasteiger partial charge in [-0.1, -0.05) is 27.2 Å². The molecule has 39 heavy (non-hydrogen) atoms. The normalized spacial score (nSPS) is 17.3. The predicted octanol–water partition coefficient (Wildman–Crippen LogP) is 3.20. The van der Waals surface area contributed by atoms with E-state index in [9.17, 15) is 9.32 Å². The zero-order valence-corrected chi connectivity index (χ0v) is 24.0. The molecule has 1 aliphatic heterocycles. The molecule has 3 aromatic rings. The summed E-state index contributed by atoms with van der Waals surface area (Å²) in [4.78, 5) is 14.9. The van der Waals surface area contributed by atoms with Crippen LogP contribution in [-0.4, -0.2) is 71.5 Å². The second-order valence-electron chi connectivity index (χ2n) is 10.6. The first-order valence-electron chi connectivity index (χ1n) is 13.6. The lowest BCUT2D eigenvalue weighted by atomic mass is 9.88. The Bertz CT molecular complexity index is 1280. The van der Waals surface area contributed by atoms with Gasteiger partial charge in [0.15, 0.2) is 17.0 Å². The number of nitriles is 1. The lowest BCUT2D eigenvalue weighted by Crippen LogP contribution is -2.52. The van der Waals surface area contributed by atoms with E-state index in [1.807, 2.05) is 23.6 Å². The summed E-state index contributed by atoms with van der Waals surface area (Å²) >= 11 is -1.29. The maximum absolute atomic E-state index is 12.8. The van der Waals surface area contributed by atoms with Crippen LogP contribution >= 0.6 is 0 Å². The molecule has 4 unspecified atom stereocenters. The molecular formula is C26H40N10O2S. The highest BCUT2D eigenvalue weighted by Gasteiger charge is 2.32. The smallest absolute Gasteiger partial charge is 0.229 e. The summed E-state index contributed by atoms with van der Waals surface area (Å²) in [5, 5.41) is 29.5. The van der Waals surface area contributed by atoms with E-state index in [-0.39, 0.29) is 18.6 Å². The van der Waals surface area contributed by atoms with Gasteiger partial charge in [-0.15, -0.1) is 0 Å². The van der Waals surface area contributed by atoms with Crippen LogP contribution in [0.3, 0.4) is 0 Å². The van der Waals surface area contributed by atoms with Gasteiger partial charge in [0.2, 0.25) is 5.95 Å². The second-order valence-corrected chi connectivity index (χ2v) is 11.8. The molecule has 0 bridgehead atoms. The Morgan fingerprint density at radius 1 is 1.31 bits per heavy atom. The molecule has 13 heteroatoms. The van der Waals surface area contributed by atoms with Crippen LogP contribution < -0.4 is 14.9 Å². The number of anilines is 3. The molecule has 1 aliphatic rings. The molecule has 0 radical (unpaired) electrons. The maximum atomic E-state index is 12.8. The molecule has 5 N–H and O–H groups in total. The van der Waals surface area contributed by atoms with Crippen LogP contribution in [0.15, 0.2) is 18.3 Å². The standard InChI is InChI=1S/C26H40N10O2S/c1-5-17(3)9-18(10-20(6-2)34-39(38)36-14-19(12-27)15-36)13-35(4)26-30-24-22(7-8-28-24)25(31-26)29-23-11-21(16-37)32-33-23/h7-8,11,17-20,34,37H,5-6,9-10,13-16H2,1-4H3,(H3,28,29,30,31,32,33). The number of nitrogens with one attached hydrogen (secondary N) is 4. The molecule has 0 saturated carbocycles. The molecule has 1 fully saturated rings. The quantitative estimate of drug-likeness (QED) is 0.191. The highest BCUT2D eigenvalue weighted by atomic mass is 32.2. The zero-order chi connectivity index (χ0) is 27.9. The molecule has 1 saturated heterocycles. The molecule has 4 atom stereocenters. The van der Waals surface area contributed by atoms with E-state index in [4.69, 9.17) is 15.2 Å². The number of aromatic amines is 2. The third-order valence-electron chi connectivity index (χ3n) is 7.40. The van der Waals surface area contributed by atoms with Gasteiger partial charge in [-0.3, -0.25) is 5.10 Å². The summed E-state index contributed by atoms with van der Waals surface area (Å²) in [7, 11) is 2.00. The molecule has 3 aromatic heterocycles. The van der Waals surface area contributed by atoms with Gasteiger partial charge in [0.05, 0.1) is 29.7 Å². The number of aliphatic hydroxyl groups excluding tert-OH is 1. The Balaban J connectivity index is 1.48. The number of hydrogen-bond donors (Lipinski definition) is 5. The number of fused-ring (bicyclic) bond motifs is 1. The fourth-order valence-electron chi connectivity index (χ4n) is 4.85. The molecule has 4 rings (SSSR count). The van der Waals surface area contributed by atoms with Crippen molar-refractivity contribution in [2.75, 3.05) is 36.9 Å². The van der Waals surface area contributed by atoms with Crippen LogP contribution in [0.2, 0.25) is 0 Å². The minimum atomic E-state index is -1.29. The average Bonchev–Trinajstić information content (AvgIpc) is 3.56. The maximum Gasteiger partial charge on any atom is 0.229 e. The molecule has 0 amide bonds. The van der Waals surface area contributed by atoms with E-state index >= 15 is 0 Å². The van der Waals surface area contributed by atoms with Crippen LogP contribution in [0, 0.1) is 29.1 Å². The number of aliphatic hydroxyl groups is 1. The Morgan fingerprint density at radius 2 is 2.10 bits per heavy atom. The third-order valence-corrected chi connectivity index (χ3v) is 8.70. The lowest BCUT2D eigenvalue weighted by Gasteiger charge is -2.35. The highest BCUT2D eigenvalue weighted by Crippen LogP contribution is 2.28. The highest BCUT2D eigenvalue weighted by molar-refractivity contribution is 7.80. The van der Waals surface area contributed by atoms with Gasteiger partial charge in [-0.25, -0.2) is 13.2 Å². The Hall–Kier alpha value is -3.05. The van der Waals surface area contributed by atoms with Crippen molar-refractivity contribution < 1.29 is 9.32 Å². The van der Waals surface area contributed by atoms with E-state index in [0.29, 0.717) is 48.2 Å². The third kappa shape index (κ3) is 7.33. The Labute approximate surface area is 232 Å². The molecule has 12 nitrogen and oxygen atoms in total. The zero-order valence-electron chi connectivity index (χ0n) is 23.1. The predicted molar refractivity (Wildman–Crippen MR) is 153 cm³/mol. The van der Waals surface area contributed by atoms with E-state index < -0.39 is 11.2 Å². The van der Waals surface area contributed by atoms with E-state index in [1.165, 1.54) is 0 Å². The van der Waals surface area contributed by atoms with Gasteiger partial charge in [0.1, 0.15) is 11.5 Å². The fourth-order valence-corrected chi connectivity index (χ4v) is 6.17. The van der Waals surface area contributed by atoms with Gasteiger partial charge < -0.3 is 20.3 Å². The number of nitrogens with zero attached hydrogens (tertiary/aromatic N) is 6. The van der Waals surface area contributed by atoms with Gasteiger partial charge in [0.25, 0.3) is 0 Å². The van der Waals surface area contributed by atoms with Crippen molar-refractivity contribution >= 4 is 39.8 Å². The summed E-state index contributed by atoms with van der Waals surface area (Å²) in [5.74, 6) is 2.65. The molecule has 4 heterocycles. The van der Waals surface area contributed by atoms with Crippen molar-refractivity contribution in [1.82, 2.24) is 34.2 Å². The molecule has 0 aliphatic carbocycles. The van der Waals surface area contributed by atoms with Crippen LogP contribution in [-0.2, 0) is 17.8 Å². The van der Waals surface area contributed by atoms with Crippen LogP contribution in [0.25, 0.3) is 11.0 Å². The van der Waals surface area contributed by atoms with E-state index in [2.05, 4.69) is 57.0 Å². The summed E-state index contributed by atoms with van der Waals surface area (Å²) in [6, 6.07) is 6.00. The topological polar surface area (TPSA) is 162 Å². The largest absolute Gasteiger partial charge is 0.390 e. The summed E-state index contributed by atoms with van der Waals surface area (Å²) < 4.78 is 18.0. The van der Waals surface area contributed by atoms with Gasteiger partial charge in [0, 0.05) is 45.0 Å². The van der Waals surface area contributed by atoms with Crippen molar-refractivity contribution in [3.8, 4) is 6.07 Å². The van der Waals surface area contributed by atoms with Crippen LogP contribution in [0.4, 0.5) is 17.6 Å². The van der Waals surface area contributed by atoms with E-state index in [1.54, 1.807) is 6.07 Å². The van der Waals surface area contributed by atoms with Crippen LogP contribution in [0.1, 0.15) is 52.1 Å². The molecule has 0 aromatic carbocycles. The van der Waals surface area contributed by atoms with Gasteiger partial charge in [-0.2, -0.15) is 20.3 Å². The van der Waals surface area contributed by atoms with Crippen molar-refractivity contribution in [3.63, 3.8) is 0 Å². The fraction of sp³-hybridized carbons (Fsp3) is 0.615. The Kier molecular flexibility index (Phi) is 9.90. The minimum Gasteiger partial charge on any atom is -0.390 e. The first-order valence-corrected chi connectivity index (χ1v) is 14.7. The van der Waals surface area contributed by atoms with Crippen molar-refractivity contribution in [2.45, 2.75) is 59.1 Å². The number of H-pyrrole nitrogens is 2. The molecule has 212 valence electrons. The van der Waals surface area contributed by atoms with Crippen molar-refractivity contribution in [1.29, 1.82) is 5.26 Å². The minimum absolute atomic E-state index is 0.0243. The van der Waals surface area contributed by atoms with Gasteiger partial charge in [-0.05, 0) is 37.2 Å². The first-order chi connectivity index (χ1) is 18.8. The summed E-state index contributed by atoms with van der Waals surface area (Å²) in [6.07, 6.45) is 5.70. The number of hydrogen-bond acceptors (Lipinski definition) is 8. The SMILES string of the molecule is CCC(C)CC(CC(CC)NS(=O)N1CC(C#N)C1)CN(C)c1nc(Nc2cc(CO)[nH]n2)c2cc[nH]c2n1. The van der Waals surface area contributed by atoms with Gasteiger partial charge >= 0.3 is 0 Å². The number of rotatable bonds is 15. The van der Waals surface area contributed by atoms with Crippen molar-refractivity contribution in [3.05, 3.63) is 24.0 Å². The number of aromatic nitrogens is 5. The lowest BCUT2D eigenvalue weighted by molar-refractivity contribution is 0.255. The second kappa shape index (κ2) is 13.3. The first kappa shape index (κ1) is 28.9.